The highest BCUT2D eigenvalue weighted by Crippen LogP contribution is 2.35. The molecule has 0 saturated carbocycles. The Kier molecular flexibility index (Phi) is 4.70. The van der Waals surface area contributed by atoms with E-state index in [9.17, 15) is 9.59 Å². The Hall–Kier alpha value is -3.62. The van der Waals surface area contributed by atoms with E-state index >= 15 is 0 Å². The molecule has 0 aliphatic carbocycles. The van der Waals surface area contributed by atoms with Crippen molar-refractivity contribution in [1.82, 2.24) is 9.97 Å². The van der Waals surface area contributed by atoms with Gasteiger partial charge in [-0.05, 0) is 36.4 Å². The summed E-state index contributed by atoms with van der Waals surface area (Å²) in [4.78, 5) is 34.0. The summed E-state index contributed by atoms with van der Waals surface area (Å²) in [5.74, 6) is -0.417. The third-order valence-electron chi connectivity index (χ3n) is 4.43. The van der Waals surface area contributed by atoms with Crippen molar-refractivity contribution in [3.63, 3.8) is 0 Å². The predicted molar refractivity (Wildman–Crippen MR) is 122 cm³/mol. The van der Waals surface area contributed by atoms with Gasteiger partial charge in [-0.2, -0.15) is 0 Å². The number of carbonyl (C=O) groups excluding carboxylic acids is 2. The maximum atomic E-state index is 12.4. The molecule has 5 rings (SSSR count). The average molecular weight is 431 g/mol. The number of anilines is 2. The summed E-state index contributed by atoms with van der Waals surface area (Å²) in [6.07, 6.45) is 0. The Morgan fingerprint density at radius 3 is 1.40 bits per heavy atom. The highest BCUT2D eigenvalue weighted by Gasteiger charge is 2.15. The minimum absolute atomic E-state index is 0.208. The van der Waals surface area contributed by atoms with Crippen LogP contribution in [0.5, 0.6) is 0 Å². The summed E-state index contributed by atoms with van der Waals surface area (Å²) < 4.78 is 1.83. The normalized spacial score (nSPS) is 10.9. The predicted octanol–water partition coefficient (Wildman–Crippen LogP) is 5.41. The highest BCUT2D eigenvalue weighted by molar-refractivity contribution is 7.24. The van der Waals surface area contributed by atoms with Gasteiger partial charge in [-0.3, -0.25) is 20.2 Å². The number of aromatic nitrogens is 2. The van der Waals surface area contributed by atoms with E-state index in [0.717, 1.165) is 9.40 Å². The van der Waals surface area contributed by atoms with Crippen LogP contribution in [-0.2, 0) is 0 Å². The number of fused-ring (bicyclic) bond motifs is 3. The van der Waals surface area contributed by atoms with Crippen LogP contribution in [0.2, 0.25) is 0 Å². The van der Waals surface area contributed by atoms with Gasteiger partial charge in [-0.25, -0.2) is 9.97 Å². The van der Waals surface area contributed by atoms with Crippen molar-refractivity contribution in [3.05, 3.63) is 83.9 Å². The molecule has 2 heterocycles. The number of hydrogen-bond acceptors (Lipinski definition) is 6. The van der Waals surface area contributed by atoms with Gasteiger partial charge in [-0.15, -0.1) is 0 Å². The molecule has 0 aliphatic rings. The van der Waals surface area contributed by atoms with E-state index in [2.05, 4.69) is 20.6 Å². The van der Waals surface area contributed by atoms with Gasteiger partial charge in [0.1, 0.15) is 11.0 Å². The van der Waals surface area contributed by atoms with Crippen LogP contribution in [-0.4, -0.2) is 21.8 Å². The van der Waals surface area contributed by atoms with Crippen molar-refractivity contribution in [2.24, 2.45) is 0 Å². The second kappa shape index (κ2) is 7.66. The van der Waals surface area contributed by atoms with Gasteiger partial charge in [0.25, 0.3) is 11.8 Å². The number of nitrogens with one attached hydrogen (secondary N) is 2. The highest BCUT2D eigenvalue weighted by atomic mass is 32.1. The Bertz CT molecular complexity index is 1270. The first-order chi connectivity index (χ1) is 14.7. The van der Waals surface area contributed by atoms with Crippen LogP contribution >= 0.6 is 22.7 Å². The molecule has 0 fully saturated rings. The minimum Gasteiger partial charge on any atom is -0.298 e. The van der Waals surface area contributed by atoms with E-state index < -0.39 is 0 Å². The van der Waals surface area contributed by atoms with Gasteiger partial charge in [0, 0.05) is 11.1 Å². The number of thiazole rings is 2. The number of carbonyl (C=O) groups is 2. The number of rotatable bonds is 4. The van der Waals surface area contributed by atoms with E-state index in [1.54, 1.807) is 24.3 Å². The first-order valence-corrected chi connectivity index (χ1v) is 10.7. The van der Waals surface area contributed by atoms with Gasteiger partial charge >= 0.3 is 0 Å². The number of benzene rings is 3. The van der Waals surface area contributed by atoms with E-state index in [-0.39, 0.29) is 11.8 Å². The third kappa shape index (κ3) is 3.54. The first kappa shape index (κ1) is 18.4. The van der Waals surface area contributed by atoms with Crippen molar-refractivity contribution in [3.8, 4) is 0 Å². The fourth-order valence-corrected chi connectivity index (χ4v) is 4.73. The van der Waals surface area contributed by atoms with E-state index in [1.807, 2.05) is 48.5 Å². The molecule has 0 radical (unpaired) electrons. The lowest BCUT2D eigenvalue weighted by Crippen LogP contribution is -2.11. The minimum atomic E-state index is -0.208. The van der Waals surface area contributed by atoms with Crippen LogP contribution in [0.1, 0.15) is 20.7 Å². The molecule has 0 spiro atoms. The molecule has 5 aromatic rings. The molecule has 6 nitrogen and oxygen atoms in total. The molecule has 2 aromatic heterocycles. The number of hydrogen-bond donors (Lipinski definition) is 2. The molecule has 2 N–H and O–H groups in total. The summed E-state index contributed by atoms with van der Waals surface area (Å²) in [6.45, 7) is 0. The smallest absolute Gasteiger partial charge is 0.257 e. The number of amides is 2. The van der Waals surface area contributed by atoms with Gasteiger partial charge in [0.05, 0.1) is 9.40 Å². The van der Waals surface area contributed by atoms with Crippen molar-refractivity contribution in [1.29, 1.82) is 0 Å². The van der Waals surface area contributed by atoms with Crippen molar-refractivity contribution in [2.45, 2.75) is 0 Å². The standard InChI is InChI=1S/C22H14N4O2S2/c27-19(13-7-3-1-4-8-13)25-21-23-17-15(29-21)11-12-16-18(17)24-22(30-16)26-20(28)14-9-5-2-6-10-14/h1-12H,(H,23,25,27)(H,24,26,28). The third-order valence-corrected chi connectivity index (χ3v) is 6.30. The van der Waals surface area contributed by atoms with Crippen LogP contribution in [0.4, 0.5) is 10.3 Å². The van der Waals surface area contributed by atoms with Gasteiger partial charge < -0.3 is 0 Å². The summed E-state index contributed by atoms with van der Waals surface area (Å²) in [6, 6.07) is 21.9. The lowest BCUT2D eigenvalue weighted by molar-refractivity contribution is 0.101. The maximum absolute atomic E-state index is 12.4. The van der Waals surface area contributed by atoms with E-state index in [1.165, 1.54) is 22.7 Å². The molecular formula is C22H14N4O2S2. The zero-order valence-electron chi connectivity index (χ0n) is 15.5. The molecule has 0 aliphatic heterocycles. The second-order valence-corrected chi connectivity index (χ2v) is 8.50. The molecule has 2 amide bonds. The summed E-state index contributed by atoms with van der Waals surface area (Å²) in [5, 5.41) is 6.71. The fraction of sp³-hybridized carbons (Fsp3) is 0. The topological polar surface area (TPSA) is 84.0 Å². The van der Waals surface area contributed by atoms with Gasteiger partial charge in [0.15, 0.2) is 10.3 Å². The SMILES string of the molecule is O=C(Nc1nc2c(ccc3sc(NC(=O)c4ccccc4)nc32)s1)c1ccccc1. The largest absolute Gasteiger partial charge is 0.298 e. The Morgan fingerprint density at radius 2 is 1.00 bits per heavy atom. The maximum Gasteiger partial charge on any atom is 0.257 e. The molecule has 8 heteroatoms. The molecule has 30 heavy (non-hydrogen) atoms. The van der Waals surface area contributed by atoms with Crippen LogP contribution < -0.4 is 10.6 Å². The molecule has 0 unspecified atom stereocenters. The van der Waals surface area contributed by atoms with Crippen LogP contribution in [0, 0.1) is 0 Å². The van der Waals surface area contributed by atoms with E-state index in [0.29, 0.717) is 32.4 Å². The van der Waals surface area contributed by atoms with Crippen molar-refractivity contribution in [2.75, 3.05) is 10.6 Å². The van der Waals surface area contributed by atoms with Crippen LogP contribution in [0.25, 0.3) is 20.4 Å². The first-order valence-electron chi connectivity index (χ1n) is 9.10. The summed E-state index contributed by atoms with van der Waals surface area (Å²) >= 11 is 2.78. The van der Waals surface area contributed by atoms with Crippen LogP contribution in [0.15, 0.2) is 72.8 Å². The Balaban J connectivity index is 1.43. The van der Waals surface area contributed by atoms with E-state index in [4.69, 9.17) is 0 Å². The lowest BCUT2D eigenvalue weighted by atomic mass is 10.2. The molecule has 3 aromatic carbocycles. The zero-order chi connectivity index (χ0) is 20.5. The molecule has 0 bridgehead atoms. The second-order valence-electron chi connectivity index (χ2n) is 6.44. The van der Waals surface area contributed by atoms with Gasteiger partial charge in [0.2, 0.25) is 0 Å². The molecule has 146 valence electrons. The molecular weight excluding hydrogens is 416 g/mol. The fourth-order valence-electron chi connectivity index (χ4n) is 3.01. The lowest BCUT2D eigenvalue weighted by Gasteiger charge is -2.00. The van der Waals surface area contributed by atoms with Crippen LogP contribution in [0.3, 0.4) is 0 Å². The Labute approximate surface area is 179 Å². The van der Waals surface area contributed by atoms with Gasteiger partial charge in [-0.1, -0.05) is 59.1 Å². The quantitative estimate of drug-likeness (QED) is 0.399. The summed E-state index contributed by atoms with van der Waals surface area (Å²) in [5.41, 5.74) is 2.55. The number of nitrogens with zero attached hydrogens (tertiary/aromatic N) is 2. The molecule has 0 saturated heterocycles. The summed E-state index contributed by atoms with van der Waals surface area (Å²) in [7, 11) is 0. The molecule has 0 atom stereocenters. The monoisotopic (exact) mass is 430 g/mol. The van der Waals surface area contributed by atoms with Crippen molar-refractivity contribution >= 4 is 65.2 Å². The zero-order valence-corrected chi connectivity index (χ0v) is 17.1. The Morgan fingerprint density at radius 1 is 0.600 bits per heavy atom. The average Bonchev–Trinajstić information content (AvgIpc) is 3.38. The van der Waals surface area contributed by atoms with Crippen molar-refractivity contribution < 1.29 is 9.59 Å².